The summed E-state index contributed by atoms with van der Waals surface area (Å²) in [5, 5.41) is 2.68. The molecule has 0 bridgehead atoms. The Labute approximate surface area is 160 Å². The Morgan fingerprint density at radius 3 is 2.56 bits per heavy atom. The number of carbonyl (C=O) groups is 1. The topological polar surface area (TPSA) is 47.6 Å². The highest BCUT2D eigenvalue weighted by Crippen LogP contribution is 2.28. The molecule has 144 valence electrons. The highest BCUT2D eigenvalue weighted by atomic mass is 19.1. The Bertz CT molecular complexity index is 757. The summed E-state index contributed by atoms with van der Waals surface area (Å²) in [5.74, 6) is 0.689. The number of halogens is 1. The van der Waals surface area contributed by atoms with E-state index >= 15 is 0 Å². The van der Waals surface area contributed by atoms with Crippen LogP contribution in [0.15, 0.2) is 48.5 Å². The molecule has 0 fully saturated rings. The molecule has 0 unspecified atom stereocenters. The van der Waals surface area contributed by atoms with Crippen molar-refractivity contribution in [2.24, 2.45) is 0 Å². The van der Waals surface area contributed by atoms with Crippen LogP contribution in [0.5, 0.6) is 11.5 Å². The van der Waals surface area contributed by atoms with Crippen LogP contribution in [0.4, 0.5) is 10.1 Å². The van der Waals surface area contributed by atoms with E-state index in [9.17, 15) is 9.18 Å². The molecule has 2 aromatic carbocycles. The molecule has 0 aliphatic rings. The molecular formula is C22H26FNO3. The van der Waals surface area contributed by atoms with Crippen LogP contribution in [0.1, 0.15) is 38.2 Å². The van der Waals surface area contributed by atoms with E-state index in [1.165, 1.54) is 43.2 Å². The number of hydrogen-bond donors (Lipinski definition) is 1. The van der Waals surface area contributed by atoms with E-state index in [-0.39, 0.29) is 11.7 Å². The number of nitrogens with one attached hydrogen (secondary N) is 1. The smallest absolute Gasteiger partial charge is 0.248 e. The largest absolute Gasteiger partial charge is 0.493 e. The number of anilines is 1. The van der Waals surface area contributed by atoms with Gasteiger partial charge in [-0.15, -0.1) is 0 Å². The average Bonchev–Trinajstić information content (AvgIpc) is 2.68. The third-order valence-corrected chi connectivity index (χ3v) is 3.98. The molecular weight excluding hydrogens is 345 g/mol. The molecule has 5 heteroatoms. The zero-order valence-corrected chi connectivity index (χ0v) is 15.8. The van der Waals surface area contributed by atoms with E-state index in [1.807, 2.05) is 18.2 Å². The van der Waals surface area contributed by atoms with Crippen LogP contribution in [0, 0.1) is 5.82 Å². The number of benzene rings is 2. The Hall–Kier alpha value is -2.82. The molecule has 0 spiro atoms. The molecule has 2 rings (SSSR count). The quantitative estimate of drug-likeness (QED) is 0.446. The second kappa shape index (κ2) is 11.0. The Morgan fingerprint density at radius 1 is 1.07 bits per heavy atom. The molecule has 4 nitrogen and oxygen atoms in total. The van der Waals surface area contributed by atoms with Crippen molar-refractivity contribution in [2.75, 3.05) is 19.0 Å². The highest BCUT2D eigenvalue weighted by molar-refractivity contribution is 6.01. The summed E-state index contributed by atoms with van der Waals surface area (Å²) in [6.45, 7) is 2.83. The van der Waals surface area contributed by atoms with Crippen LogP contribution >= 0.6 is 0 Å². The van der Waals surface area contributed by atoms with Crippen molar-refractivity contribution >= 4 is 17.7 Å². The minimum atomic E-state index is -0.344. The van der Waals surface area contributed by atoms with Gasteiger partial charge in [0, 0.05) is 11.8 Å². The predicted molar refractivity (Wildman–Crippen MR) is 107 cm³/mol. The van der Waals surface area contributed by atoms with Crippen molar-refractivity contribution in [3.63, 3.8) is 0 Å². The lowest BCUT2D eigenvalue weighted by atomic mass is 10.2. The normalized spacial score (nSPS) is 10.8. The van der Waals surface area contributed by atoms with Crippen molar-refractivity contribution in [3.05, 3.63) is 59.9 Å². The van der Waals surface area contributed by atoms with Crippen molar-refractivity contribution in [1.82, 2.24) is 0 Å². The van der Waals surface area contributed by atoms with Crippen LogP contribution in [-0.2, 0) is 4.79 Å². The minimum Gasteiger partial charge on any atom is -0.493 e. The van der Waals surface area contributed by atoms with Crippen molar-refractivity contribution in [3.8, 4) is 11.5 Å². The van der Waals surface area contributed by atoms with Crippen molar-refractivity contribution in [2.45, 2.75) is 32.6 Å². The van der Waals surface area contributed by atoms with Gasteiger partial charge in [0.05, 0.1) is 13.7 Å². The fourth-order valence-electron chi connectivity index (χ4n) is 2.51. The first-order valence-corrected chi connectivity index (χ1v) is 9.18. The number of carbonyl (C=O) groups excluding carboxylic acids is 1. The number of unbranched alkanes of at least 4 members (excludes halogenated alkanes) is 3. The summed E-state index contributed by atoms with van der Waals surface area (Å²) in [6, 6.07) is 11.1. The van der Waals surface area contributed by atoms with Crippen LogP contribution in [0.2, 0.25) is 0 Å². The summed E-state index contributed by atoms with van der Waals surface area (Å²) in [5.41, 5.74) is 1.36. The molecule has 0 heterocycles. The number of hydrogen-bond acceptors (Lipinski definition) is 3. The average molecular weight is 371 g/mol. The summed E-state index contributed by atoms with van der Waals surface area (Å²) >= 11 is 0. The maximum absolute atomic E-state index is 12.9. The lowest BCUT2D eigenvalue weighted by molar-refractivity contribution is -0.111. The van der Waals surface area contributed by atoms with Gasteiger partial charge in [0.1, 0.15) is 5.82 Å². The van der Waals surface area contributed by atoms with Gasteiger partial charge in [-0.05, 0) is 54.5 Å². The van der Waals surface area contributed by atoms with Gasteiger partial charge in [-0.2, -0.15) is 0 Å². The standard InChI is InChI=1S/C22H26FNO3/c1-3-4-5-6-15-27-20-13-7-17(16-21(20)26-2)8-14-22(25)24-19-11-9-18(23)10-12-19/h7-14,16H,3-6,15H2,1-2H3,(H,24,25)/b14-8+. The van der Waals surface area contributed by atoms with Gasteiger partial charge in [-0.25, -0.2) is 4.39 Å². The Balaban J connectivity index is 1.92. The third-order valence-electron chi connectivity index (χ3n) is 3.98. The van der Waals surface area contributed by atoms with Gasteiger partial charge >= 0.3 is 0 Å². The van der Waals surface area contributed by atoms with Crippen LogP contribution in [0.25, 0.3) is 6.08 Å². The predicted octanol–water partition coefficient (Wildman–Crippen LogP) is 5.45. The highest BCUT2D eigenvalue weighted by Gasteiger charge is 2.05. The minimum absolute atomic E-state index is 0.295. The fourth-order valence-corrected chi connectivity index (χ4v) is 2.51. The number of amides is 1. The molecule has 0 radical (unpaired) electrons. The maximum atomic E-state index is 12.9. The maximum Gasteiger partial charge on any atom is 0.248 e. The van der Waals surface area contributed by atoms with E-state index in [0.717, 1.165) is 18.4 Å². The second-order valence-electron chi connectivity index (χ2n) is 6.15. The zero-order valence-electron chi connectivity index (χ0n) is 15.8. The summed E-state index contributed by atoms with van der Waals surface area (Å²) in [4.78, 5) is 12.0. The van der Waals surface area contributed by atoms with Gasteiger partial charge in [0.15, 0.2) is 11.5 Å². The SMILES string of the molecule is CCCCCCOc1ccc(/C=C/C(=O)Nc2ccc(F)cc2)cc1OC. The molecule has 27 heavy (non-hydrogen) atoms. The van der Waals surface area contributed by atoms with E-state index in [4.69, 9.17) is 9.47 Å². The molecule has 0 aromatic heterocycles. The molecule has 0 atom stereocenters. The fraction of sp³-hybridized carbons (Fsp3) is 0.318. The van der Waals surface area contributed by atoms with Crippen LogP contribution < -0.4 is 14.8 Å². The molecule has 1 amide bonds. The van der Waals surface area contributed by atoms with E-state index in [0.29, 0.717) is 23.8 Å². The summed E-state index contributed by atoms with van der Waals surface area (Å²) in [7, 11) is 1.59. The van der Waals surface area contributed by atoms with Crippen molar-refractivity contribution < 1.29 is 18.7 Å². The first-order valence-electron chi connectivity index (χ1n) is 9.18. The molecule has 0 saturated heterocycles. The first kappa shape index (κ1) is 20.5. The van der Waals surface area contributed by atoms with Crippen molar-refractivity contribution in [1.29, 1.82) is 0 Å². The van der Waals surface area contributed by atoms with Gasteiger partial charge < -0.3 is 14.8 Å². The number of ether oxygens (including phenoxy) is 2. The zero-order chi connectivity index (χ0) is 19.5. The van der Waals surface area contributed by atoms with Gasteiger partial charge in [-0.1, -0.05) is 32.3 Å². The second-order valence-corrected chi connectivity index (χ2v) is 6.15. The lowest BCUT2D eigenvalue weighted by Crippen LogP contribution is -2.07. The first-order chi connectivity index (χ1) is 13.1. The van der Waals surface area contributed by atoms with Gasteiger partial charge in [-0.3, -0.25) is 4.79 Å². The Morgan fingerprint density at radius 2 is 1.85 bits per heavy atom. The van der Waals surface area contributed by atoms with Crippen LogP contribution in [0.3, 0.4) is 0 Å². The van der Waals surface area contributed by atoms with E-state index in [1.54, 1.807) is 13.2 Å². The van der Waals surface area contributed by atoms with E-state index < -0.39 is 0 Å². The Kier molecular flexibility index (Phi) is 8.36. The third kappa shape index (κ3) is 7.13. The molecule has 1 N–H and O–H groups in total. The van der Waals surface area contributed by atoms with Gasteiger partial charge in [0.2, 0.25) is 5.91 Å². The molecule has 2 aromatic rings. The van der Waals surface area contributed by atoms with Crippen LogP contribution in [-0.4, -0.2) is 19.6 Å². The number of methoxy groups -OCH3 is 1. The molecule has 0 saturated carbocycles. The molecule has 0 aliphatic carbocycles. The summed E-state index contributed by atoms with van der Waals surface area (Å²) < 4.78 is 24.0. The van der Waals surface area contributed by atoms with Gasteiger partial charge in [0.25, 0.3) is 0 Å². The molecule has 0 aliphatic heterocycles. The van der Waals surface area contributed by atoms with E-state index in [2.05, 4.69) is 12.2 Å². The number of rotatable bonds is 10. The summed E-state index contributed by atoms with van der Waals surface area (Å²) in [6.07, 6.45) is 7.68. The lowest BCUT2D eigenvalue weighted by Gasteiger charge is -2.11. The monoisotopic (exact) mass is 371 g/mol.